The van der Waals surface area contributed by atoms with Crippen molar-refractivity contribution in [1.29, 1.82) is 0 Å². The minimum Gasteiger partial charge on any atom is -0.297 e. The van der Waals surface area contributed by atoms with E-state index in [4.69, 9.17) is 0 Å². The minimum absolute atomic E-state index is 0.409. The lowest BCUT2D eigenvalue weighted by atomic mass is 10.00. The fourth-order valence-electron chi connectivity index (χ4n) is 1.77. The minimum atomic E-state index is 0.409. The lowest BCUT2D eigenvalue weighted by Gasteiger charge is -2.03. The fraction of sp³-hybridized carbons (Fsp3) is 0.250. The van der Waals surface area contributed by atoms with Crippen LogP contribution in [0.25, 0.3) is 10.1 Å². The average molecular weight is 204 g/mol. The van der Waals surface area contributed by atoms with E-state index in [1.807, 2.05) is 12.1 Å². The molecule has 0 fully saturated rings. The number of hydrogen-bond donors (Lipinski definition) is 0. The zero-order valence-corrected chi connectivity index (χ0v) is 9.10. The van der Waals surface area contributed by atoms with Gasteiger partial charge < -0.3 is 0 Å². The van der Waals surface area contributed by atoms with Crippen LogP contribution in [-0.4, -0.2) is 6.29 Å². The smallest absolute Gasteiger partial charge is 0.160 e. The second-order valence-electron chi connectivity index (χ2n) is 3.65. The van der Waals surface area contributed by atoms with Crippen molar-refractivity contribution in [3.63, 3.8) is 0 Å². The van der Waals surface area contributed by atoms with Crippen LogP contribution in [-0.2, 0) is 0 Å². The molecule has 2 heteroatoms. The van der Waals surface area contributed by atoms with E-state index < -0.39 is 0 Å². The molecular formula is C12H12OS. The highest BCUT2D eigenvalue weighted by atomic mass is 32.1. The molecule has 0 aliphatic heterocycles. The third-order valence-corrected chi connectivity index (χ3v) is 3.46. The number of carbonyl (C=O) groups is 1. The van der Waals surface area contributed by atoms with Crippen molar-refractivity contribution in [2.75, 3.05) is 0 Å². The Labute approximate surface area is 87.4 Å². The highest BCUT2D eigenvalue weighted by molar-refractivity contribution is 7.20. The predicted octanol–water partition coefficient (Wildman–Crippen LogP) is 3.84. The van der Waals surface area contributed by atoms with Crippen molar-refractivity contribution < 1.29 is 4.79 Å². The Kier molecular flexibility index (Phi) is 2.38. The lowest BCUT2D eigenvalue weighted by molar-refractivity contribution is 0.112. The Bertz CT molecular complexity index is 468. The molecule has 0 bridgehead atoms. The summed E-state index contributed by atoms with van der Waals surface area (Å²) in [5.41, 5.74) is 1.20. The molecule has 0 saturated heterocycles. The Balaban J connectivity index is 2.80. The largest absolute Gasteiger partial charge is 0.297 e. The average Bonchev–Trinajstić information content (AvgIpc) is 2.55. The molecular weight excluding hydrogens is 192 g/mol. The molecule has 0 saturated carbocycles. The lowest BCUT2D eigenvalue weighted by Crippen LogP contribution is -1.89. The zero-order chi connectivity index (χ0) is 10.1. The van der Waals surface area contributed by atoms with Gasteiger partial charge in [0.1, 0.15) is 0 Å². The molecule has 1 heterocycles. The Hall–Kier alpha value is -1.15. The highest BCUT2D eigenvalue weighted by Crippen LogP contribution is 2.34. The summed E-state index contributed by atoms with van der Waals surface area (Å²) < 4.78 is 1.21. The summed E-state index contributed by atoms with van der Waals surface area (Å²) in [6.07, 6.45) is 0.972. The van der Waals surface area contributed by atoms with Gasteiger partial charge in [0, 0.05) is 4.70 Å². The van der Waals surface area contributed by atoms with Gasteiger partial charge in [0.05, 0.1) is 4.88 Å². The van der Waals surface area contributed by atoms with Crippen LogP contribution in [0.2, 0.25) is 0 Å². The molecule has 0 amide bonds. The molecule has 1 aromatic carbocycles. The molecule has 0 spiro atoms. The molecule has 2 rings (SSSR count). The first-order chi connectivity index (χ1) is 6.74. The molecule has 0 unspecified atom stereocenters. The van der Waals surface area contributed by atoms with E-state index in [0.717, 1.165) is 11.2 Å². The maximum absolute atomic E-state index is 10.9. The molecule has 0 atom stereocenters. The van der Waals surface area contributed by atoms with E-state index in [0.29, 0.717) is 5.92 Å². The third-order valence-electron chi connectivity index (χ3n) is 2.35. The fourth-order valence-corrected chi connectivity index (χ4v) is 2.94. The number of carbonyl (C=O) groups excluding carboxylic acids is 1. The zero-order valence-electron chi connectivity index (χ0n) is 8.28. The topological polar surface area (TPSA) is 17.1 Å². The van der Waals surface area contributed by atoms with Gasteiger partial charge in [-0.05, 0) is 22.9 Å². The van der Waals surface area contributed by atoms with E-state index in [1.165, 1.54) is 15.6 Å². The van der Waals surface area contributed by atoms with Gasteiger partial charge in [0.2, 0.25) is 0 Å². The summed E-state index contributed by atoms with van der Waals surface area (Å²) in [7, 11) is 0. The Morgan fingerprint density at radius 1 is 1.29 bits per heavy atom. The van der Waals surface area contributed by atoms with Crippen molar-refractivity contribution in [3.05, 3.63) is 34.7 Å². The number of thiophene rings is 1. The van der Waals surface area contributed by atoms with Gasteiger partial charge in [0.25, 0.3) is 0 Å². The highest BCUT2D eigenvalue weighted by Gasteiger charge is 2.13. The second-order valence-corrected chi connectivity index (χ2v) is 4.73. The maximum atomic E-state index is 10.9. The van der Waals surface area contributed by atoms with Gasteiger partial charge in [-0.2, -0.15) is 0 Å². The summed E-state index contributed by atoms with van der Waals surface area (Å²) >= 11 is 1.58. The summed E-state index contributed by atoms with van der Waals surface area (Å²) in [6.45, 7) is 4.25. The van der Waals surface area contributed by atoms with Crippen LogP contribution in [0.4, 0.5) is 0 Å². The van der Waals surface area contributed by atoms with Gasteiger partial charge in [-0.15, -0.1) is 11.3 Å². The standard InChI is InChI=1S/C12H12OS/c1-8(2)12-9-5-3-4-6-10(9)14-11(12)7-13/h3-8H,1-2H3. The summed E-state index contributed by atoms with van der Waals surface area (Å²) in [4.78, 5) is 11.8. The first-order valence-corrected chi connectivity index (χ1v) is 5.52. The van der Waals surface area contributed by atoms with Gasteiger partial charge in [0.15, 0.2) is 6.29 Å². The number of aldehydes is 1. The first-order valence-electron chi connectivity index (χ1n) is 4.70. The molecule has 1 nitrogen and oxygen atoms in total. The van der Waals surface area contributed by atoms with Crippen molar-refractivity contribution >= 4 is 27.7 Å². The van der Waals surface area contributed by atoms with Crippen LogP contribution in [0.1, 0.15) is 35.0 Å². The van der Waals surface area contributed by atoms with Crippen LogP contribution >= 0.6 is 11.3 Å². The van der Waals surface area contributed by atoms with E-state index >= 15 is 0 Å². The Morgan fingerprint density at radius 3 is 2.64 bits per heavy atom. The monoisotopic (exact) mass is 204 g/mol. The second kappa shape index (κ2) is 3.54. The first kappa shape index (κ1) is 9.41. The normalized spacial score (nSPS) is 11.1. The van der Waals surface area contributed by atoms with E-state index in [-0.39, 0.29) is 0 Å². The van der Waals surface area contributed by atoms with E-state index in [1.54, 1.807) is 11.3 Å². The van der Waals surface area contributed by atoms with Gasteiger partial charge in [-0.3, -0.25) is 4.79 Å². The van der Waals surface area contributed by atoms with Crippen molar-refractivity contribution in [2.24, 2.45) is 0 Å². The van der Waals surface area contributed by atoms with Gasteiger partial charge in [-0.1, -0.05) is 32.0 Å². The van der Waals surface area contributed by atoms with Crippen LogP contribution in [0.5, 0.6) is 0 Å². The van der Waals surface area contributed by atoms with Crippen molar-refractivity contribution in [3.8, 4) is 0 Å². The summed E-state index contributed by atoms with van der Waals surface area (Å²) in [5.74, 6) is 0.409. The Morgan fingerprint density at radius 2 is 2.00 bits per heavy atom. The molecule has 0 N–H and O–H groups in total. The van der Waals surface area contributed by atoms with Gasteiger partial charge >= 0.3 is 0 Å². The van der Waals surface area contributed by atoms with E-state index in [2.05, 4.69) is 26.0 Å². The van der Waals surface area contributed by atoms with Crippen LogP contribution in [0, 0.1) is 0 Å². The van der Waals surface area contributed by atoms with E-state index in [9.17, 15) is 4.79 Å². The van der Waals surface area contributed by atoms with Crippen LogP contribution in [0.3, 0.4) is 0 Å². The van der Waals surface area contributed by atoms with Crippen LogP contribution < -0.4 is 0 Å². The number of hydrogen-bond acceptors (Lipinski definition) is 2. The molecule has 0 aliphatic carbocycles. The van der Waals surface area contributed by atoms with Gasteiger partial charge in [-0.25, -0.2) is 0 Å². The molecule has 72 valence electrons. The molecule has 0 aliphatic rings. The number of rotatable bonds is 2. The number of fused-ring (bicyclic) bond motifs is 1. The maximum Gasteiger partial charge on any atom is 0.160 e. The van der Waals surface area contributed by atoms with Crippen molar-refractivity contribution in [1.82, 2.24) is 0 Å². The molecule has 1 aromatic heterocycles. The summed E-state index contributed by atoms with van der Waals surface area (Å²) in [5, 5.41) is 1.23. The van der Waals surface area contributed by atoms with Crippen molar-refractivity contribution in [2.45, 2.75) is 19.8 Å². The third kappa shape index (κ3) is 1.36. The summed E-state index contributed by atoms with van der Waals surface area (Å²) in [6, 6.07) is 8.19. The SMILES string of the molecule is CC(C)c1c(C=O)sc2ccccc12. The quantitative estimate of drug-likeness (QED) is 0.679. The predicted molar refractivity (Wildman–Crippen MR) is 61.3 cm³/mol. The number of benzene rings is 1. The molecule has 14 heavy (non-hydrogen) atoms. The molecule has 0 radical (unpaired) electrons. The van der Waals surface area contributed by atoms with Crippen LogP contribution in [0.15, 0.2) is 24.3 Å². The molecule has 2 aromatic rings.